The molecule has 128 valence electrons. The van der Waals surface area contributed by atoms with Crippen LogP contribution in [0.5, 0.6) is 0 Å². The van der Waals surface area contributed by atoms with Crippen LogP contribution in [-0.4, -0.2) is 45.5 Å². The number of fused-ring (bicyclic) bond motifs is 1. The van der Waals surface area contributed by atoms with Gasteiger partial charge in [0.25, 0.3) is 0 Å². The van der Waals surface area contributed by atoms with Crippen molar-refractivity contribution in [2.75, 3.05) is 13.2 Å². The highest BCUT2D eigenvalue weighted by molar-refractivity contribution is 5.89. The molecule has 0 spiro atoms. The van der Waals surface area contributed by atoms with E-state index < -0.39 is 11.6 Å². The molecule has 1 atom stereocenters. The van der Waals surface area contributed by atoms with Crippen molar-refractivity contribution >= 4 is 12.1 Å². The van der Waals surface area contributed by atoms with Gasteiger partial charge in [0, 0.05) is 30.8 Å². The van der Waals surface area contributed by atoms with Gasteiger partial charge in [-0.25, -0.2) is 9.59 Å². The van der Waals surface area contributed by atoms with E-state index in [1.807, 2.05) is 27.7 Å². The summed E-state index contributed by atoms with van der Waals surface area (Å²) in [7, 11) is 1.81. The van der Waals surface area contributed by atoms with E-state index in [2.05, 4.69) is 5.10 Å². The SMILES string of the molecule is CCOC(=O)c1nn(C)c2c1CN(C(=O)OC(C)(C)C)C[C@@H]2C. The molecule has 0 saturated carbocycles. The van der Waals surface area contributed by atoms with Crippen molar-refractivity contribution in [2.45, 2.75) is 52.7 Å². The van der Waals surface area contributed by atoms with Gasteiger partial charge in [0.15, 0.2) is 5.69 Å². The zero-order valence-corrected chi connectivity index (χ0v) is 14.7. The molecule has 0 aliphatic carbocycles. The minimum atomic E-state index is -0.556. The number of carbonyl (C=O) groups is 2. The second kappa shape index (κ2) is 6.22. The molecule has 0 N–H and O–H groups in total. The normalized spacial score (nSPS) is 17.7. The Labute approximate surface area is 136 Å². The molecule has 0 fully saturated rings. The highest BCUT2D eigenvalue weighted by Crippen LogP contribution is 2.31. The van der Waals surface area contributed by atoms with Crippen LogP contribution in [0.25, 0.3) is 0 Å². The predicted molar refractivity (Wildman–Crippen MR) is 84.2 cm³/mol. The molecule has 1 aromatic heterocycles. The van der Waals surface area contributed by atoms with Crippen LogP contribution in [0, 0.1) is 0 Å². The number of nitrogens with zero attached hydrogens (tertiary/aromatic N) is 3. The lowest BCUT2D eigenvalue weighted by molar-refractivity contribution is 0.0203. The van der Waals surface area contributed by atoms with Gasteiger partial charge in [0.2, 0.25) is 0 Å². The van der Waals surface area contributed by atoms with E-state index in [0.717, 1.165) is 11.3 Å². The number of hydrogen-bond acceptors (Lipinski definition) is 5. The van der Waals surface area contributed by atoms with E-state index in [1.165, 1.54) is 0 Å². The zero-order valence-electron chi connectivity index (χ0n) is 14.7. The number of hydrogen-bond donors (Lipinski definition) is 0. The van der Waals surface area contributed by atoms with Crippen LogP contribution in [0.3, 0.4) is 0 Å². The number of aromatic nitrogens is 2. The lowest BCUT2D eigenvalue weighted by Crippen LogP contribution is -2.41. The second-order valence-corrected chi connectivity index (χ2v) is 6.82. The standard InChI is InChI=1S/C16H25N3O4/c1-7-22-14(20)12-11-9-19(15(21)23-16(3,4)5)8-10(2)13(11)18(6)17-12/h10H,7-9H2,1-6H3/t10-/m0/s1. The molecule has 0 unspecified atom stereocenters. The van der Waals surface area contributed by atoms with E-state index in [0.29, 0.717) is 13.1 Å². The van der Waals surface area contributed by atoms with E-state index in [4.69, 9.17) is 9.47 Å². The molecule has 7 nitrogen and oxygen atoms in total. The maximum atomic E-state index is 12.3. The van der Waals surface area contributed by atoms with Gasteiger partial charge in [-0.05, 0) is 27.7 Å². The third kappa shape index (κ3) is 3.65. The van der Waals surface area contributed by atoms with Gasteiger partial charge < -0.3 is 14.4 Å². The molecule has 2 heterocycles. The quantitative estimate of drug-likeness (QED) is 0.782. The van der Waals surface area contributed by atoms with Gasteiger partial charge in [-0.2, -0.15) is 5.10 Å². The van der Waals surface area contributed by atoms with Gasteiger partial charge in [-0.3, -0.25) is 4.68 Å². The number of ether oxygens (including phenoxy) is 2. The van der Waals surface area contributed by atoms with Gasteiger partial charge in [-0.1, -0.05) is 6.92 Å². The van der Waals surface area contributed by atoms with Crippen LogP contribution >= 0.6 is 0 Å². The van der Waals surface area contributed by atoms with Crippen molar-refractivity contribution in [2.24, 2.45) is 7.05 Å². The fourth-order valence-corrected chi connectivity index (χ4v) is 2.85. The molecule has 1 aromatic rings. The number of carbonyl (C=O) groups excluding carboxylic acids is 2. The number of amides is 1. The monoisotopic (exact) mass is 323 g/mol. The Bertz CT molecular complexity index is 616. The summed E-state index contributed by atoms with van der Waals surface area (Å²) in [6.45, 7) is 10.4. The summed E-state index contributed by atoms with van der Waals surface area (Å²) in [5, 5.41) is 4.29. The molecular weight excluding hydrogens is 298 g/mol. The maximum Gasteiger partial charge on any atom is 0.410 e. The first-order valence-electron chi connectivity index (χ1n) is 7.84. The molecule has 7 heteroatoms. The third-order valence-corrected chi connectivity index (χ3v) is 3.62. The van der Waals surface area contributed by atoms with E-state index >= 15 is 0 Å². The summed E-state index contributed by atoms with van der Waals surface area (Å²) in [6.07, 6.45) is -0.381. The Balaban J connectivity index is 2.30. The Hall–Kier alpha value is -2.05. The summed E-state index contributed by atoms with van der Waals surface area (Å²) in [5.41, 5.74) is 1.44. The first kappa shape index (κ1) is 17.3. The number of aryl methyl sites for hydroxylation is 1. The van der Waals surface area contributed by atoms with Gasteiger partial charge in [0.05, 0.1) is 13.2 Å². The molecule has 0 radical (unpaired) electrons. The van der Waals surface area contributed by atoms with Crippen molar-refractivity contribution in [1.82, 2.24) is 14.7 Å². The van der Waals surface area contributed by atoms with Crippen molar-refractivity contribution in [3.05, 3.63) is 17.0 Å². The molecule has 1 aliphatic heterocycles. The van der Waals surface area contributed by atoms with Crippen LogP contribution in [-0.2, 0) is 23.1 Å². The second-order valence-electron chi connectivity index (χ2n) is 6.82. The average molecular weight is 323 g/mol. The first-order valence-corrected chi connectivity index (χ1v) is 7.84. The zero-order chi connectivity index (χ0) is 17.4. The van der Waals surface area contributed by atoms with Crippen LogP contribution in [0.2, 0.25) is 0 Å². The molecule has 0 saturated heterocycles. The Morgan fingerprint density at radius 3 is 2.57 bits per heavy atom. The van der Waals surface area contributed by atoms with Crippen molar-refractivity contribution in [3.8, 4) is 0 Å². The molecular formula is C16H25N3O4. The lowest BCUT2D eigenvalue weighted by atomic mass is 9.96. The Morgan fingerprint density at radius 1 is 1.35 bits per heavy atom. The van der Waals surface area contributed by atoms with Gasteiger partial charge in [0.1, 0.15) is 5.60 Å². The predicted octanol–water partition coefficient (Wildman–Crippen LogP) is 2.45. The van der Waals surface area contributed by atoms with Crippen LogP contribution in [0.1, 0.15) is 62.3 Å². The van der Waals surface area contributed by atoms with E-state index in [1.54, 1.807) is 23.6 Å². The van der Waals surface area contributed by atoms with Gasteiger partial charge >= 0.3 is 12.1 Å². The fraction of sp³-hybridized carbons (Fsp3) is 0.688. The summed E-state index contributed by atoms with van der Waals surface area (Å²) in [4.78, 5) is 26.1. The molecule has 0 aromatic carbocycles. The summed E-state index contributed by atoms with van der Waals surface area (Å²) < 4.78 is 12.2. The lowest BCUT2D eigenvalue weighted by Gasteiger charge is -2.33. The summed E-state index contributed by atoms with van der Waals surface area (Å²) in [5.74, 6) is -0.394. The van der Waals surface area contributed by atoms with E-state index in [9.17, 15) is 9.59 Å². The van der Waals surface area contributed by atoms with Crippen LogP contribution < -0.4 is 0 Å². The highest BCUT2D eigenvalue weighted by atomic mass is 16.6. The van der Waals surface area contributed by atoms with Gasteiger partial charge in [-0.15, -0.1) is 0 Å². The third-order valence-electron chi connectivity index (χ3n) is 3.62. The molecule has 1 amide bonds. The molecule has 2 rings (SSSR count). The molecule has 0 bridgehead atoms. The molecule has 23 heavy (non-hydrogen) atoms. The van der Waals surface area contributed by atoms with Crippen molar-refractivity contribution in [1.29, 1.82) is 0 Å². The van der Waals surface area contributed by atoms with Crippen molar-refractivity contribution < 1.29 is 19.1 Å². The average Bonchev–Trinajstić information content (AvgIpc) is 2.75. The van der Waals surface area contributed by atoms with Crippen LogP contribution in [0.15, 0.2) is 0 Å². The van der Waals surface area contributed by atoms with Crippen LogP contribution in [0.4, 0.5) is 4.79 Å². The Kier molecular flexibility index (Phi) is 4.68. The minimum absolute atomic E-state index is 0.0620. The topological polar surface area (TPSA) is 73.7 Å². The number of rotatable bonds is 2. The first-order chi connectivity index (χ1) is 10.6. The summed E-state index contributed by atoms with van der Waals surface area (Å²) >= 11 is 0. The largest absolute Gasteiger partial charge is 0.461 e. The summed E-state index contributed by atoms with van der Waals surface area (Å²) in [6, 6.07) is 0. The van der Waals surface area contributed by atoms with Crippen molar-refractivity contribution in [3.63, 3.8) is 0 Å². The highest BCUT2D eigenvalue weighted by Gasteiger charge is 2.35. The Morgan fingerprint density at radius 2 is 2.00 bits per heavy atom. The number of esters is 1. The smallest absolute Gasteiger partial charge is 0.410 e. The van der Waals surface area contributed by atoms with E-state index in [-0.39, 0.29) is 24.3 Å². The maximum absolute atomic E-state index is 12.3. The molecule has 1 aliphatic rings. The minimum Gasteiger partial charge on any atom is -0.461 e. The fourth-order valence-electron chi connectivity index (χ4n) is 2.85.